The van der Waals surface area contributed by atoms with Gasteiger partial charge in [0.1, 0.15) is 5.60 Å². The van der Waals surface area contributed by atoms with Crippen molar-refractivity contribution in [1.29, 1.82) is 0 Å². The number of rotatable bonds is 1. The van der Waals surface area contributed by atoms with Gasteiger partial charge in [0, 0.05) is 44.9 Å². The molecule has 0 radical (unpaired) electrons. The molecule has 2 amide bonds. The van der Waals surface area contributed by atoms with Gasteiger partial charge in [0.2, 0.25) is 11.8 Å². The summed E-state index contributed by atoms with van der Waals surface area (Å²) < 4.78 is 31.8. The number of carbonyl (C=O) groups excluding carboxylic acids is 2. The maximum absolute atomic E-state index is 13.2. The summed E-state index contributed by atoms with van der Waals surface area (Å²) in [5.41, 5.74) is -0.549. The van der Waals surface area contributed by atoms with Crippen LogP contribution in [0.15, 0.2) is 0 Å². The van der Waals surface area contributed by atoms with Crippen LogP contribution in [0.5, 0.6) is 0 Å². The third-order valence-electron chi connectivity index (χ3n) is 4.53. The van der Waals surface area contributed by atoms with E-state index in [4.69, 9.17) is 4.74 Å². The molecule has 1 aliphatic heterocycles. The third-order valence-corrected chi connectivity index (χ3v) is 4.53. The van der Waals surface area contributed by atoms with Gasteiger partial charge < -0.3 is 14.5 Å². The van der Waals surface area contributed by atoms with Crippen LogP contribution in [0.25, 0.3) is 0 Å². The first-order chi connectivity index (χ1) is 11.1. The van der Waals surface area contributed by atoms with Crippen molar-refractivity contribution in [1.82, 2.24) is 9.80 Å². The standard InChI is InChI=1S/C17H28F2N2O3/c1-16(2,3)24-15(23)21-10-4-9-20(11-12-21)14(22)13-5-7-17(18,19)8-6-13/h13H,4-12H2,1-3H3. The fraction of sp³-hybridized carbons (Fsp3) is 0.882. The maximum atomic E-state index is 13.2. The summed E-state index contributed by atoms with van der Waals surface area (Å²) in [7, 11) is 0. The topological polar surface area (TPSA) is 49.9 Å². The molecule has 1 aliphatic carbocycles. The first-order valence-electron chi connectivity index (χ1n) is 8.72. The van der Waals surface area contributed by atoms with Crippen molar-refractivity contribution in [2.24, 2.45) is 5.92 Å². The number of amides is 2. The highest BCUT2D eigenvalue weighted by molar-refractivity contribution is 5.79. The number of hydrogen-bond donors (Lipinski definition) is 0. The Hall–Kier alpha value is -1.40. The van der Waals surface area contributed by atoms with Crippen molar-refractivity contribution in [3.8, 4) is 0 Å². The fourth-order valence-corrected chi connectivity index (χ4v) is 3.19. The minimum atomic E-state index is -2.62. The summed E-state index contributed by atoms with van der Waals surface area (Å²) in [6, 6.07) is 0. The van der Waals surface area contributed by atoms with Gasteiger partial charge >= 0.3 is 6.09 Å². The van der Waals surface area contributed by atoms with Gasteiger partial charge in [-0.05, 0) is 40.0 Å². The van der Waals surface area contributed by atoms with Crippen molar-refractivity contribution in [3.05, 3.63) is 0 Å². The molecule has 1 saturated carbocycles. The van der Waals surface area contributed by atoms with Gasteiger partial charge in [-0.1, -0.05) is 0 Å². The second-order valence-corrected chi connectivity index (χ2v) is 7.78. The van der Waals surface area contributed by atoms with Crippen LogP contribution in [0.4, 0.5) is 13.6 Å². The number of hydrogen-bond acceptors (Lipinski definition) is 3. The summed E-state index contributed by atoms with van der Waals surface area (Å²) in [4.78, 5) is 28.0. The second-order valence-electron chi connectivity index (χ2n) is 7.78. The zero-order valence-corrected chi connectivity index (χ0v) is 14.8. The van der Waals surface area contributed by atoms with E-state index in [0.29, 0.717) is 32.6 Å². The summed E-state index contributed by atoms with van der Waals surface area (Å²) in [5, 5.41) is 0. The first kappa shape index (κ1) is 18.9. The summed E-state index contributed by atoms with van der Waals surface area (Å²) in [6.45, 7) is 7.41. The molecule has 138 valence electrons. The Labute approximate surface area is 142 Å². The average molecular weight is 346 g/mol. The van der Waals surface area contributed by atoms with Gasteiger partial charge in [-0.15, -0.1) is 0 Å². The minimum absolute atomic E-state index is 0.0449. The Morgan fingerprint density at radius 1 is 1.00 bits per heavy atom. The molecule has 5 nitrogen and oxygen atoms in total. The molecule has 0 spiro atoms. The fourth-order valence-electron chi connectivity index (χ4n) is 3.19. The van der Waals surface area contributed by atoms with Crippen LogP contribution in [0.2, 0.25) is 0 Å². The number of alkyl halides is 2. The Bertz CT molecular complexity index is 467. The highest BCUT2D eigenvalue weighted by Gasteiger charge is 2.39. The van der Waals surface area contributed by atoms with Crippen LogP contribution in [0.1, 0.15) is 52.9 Å². The molecule has 0 unspecified atom stereocenters. The predicted octanol–water partition coefficient (Wildman–Crippen LogP) is 3.28. The van der Waals surface area contributed by atoms with E-state index in [1.165, 1.54) is 0 Å². The highest BCUT2D eigenvalue weighted by Crippen LogP contribution is 2.36. The van der Waals surface area contributed by atoms with Crippen molar-refractivity contribution in [3.63, 3.8) is 0 Å². The van der Waals surface area contributed by atoms with Gasteiger partial charge in [0.25, 0.3) is 0 Å². The van der Waals surface area contributed by atoms with Crippen molar-refractivity contribution < 1.29 is 23.1 Å². The molecule has 2 rings (SSSR count). The normalized spacial score (nSPS) is 22.9. The molecule has 0 aromatic rings. The molecular formula is C17H28F2N2O3. The van der Waals surface area contributed by atoms with E-state index in [0.717, 1.165) is 0 Å². The van der Waals surface area contributed by atoms with Crippen LogP contribution >= 0.6 is 0 Å². The molecule has 2 aliphatic rings. The van der Waals surface area contributed by atoms with E-state index in [1.807, 2.05) is 20.8 Å². The molecule has 1 heterocycles. The summed E-state index contributed by atoms with van der Waals surface area (Å²) in [6.07, 6.45) is 0.390. The van der Waals surface area contributed by atoms with Gasteiger partial charge in [-0.25, -0.2) is 13.6 Å². The lowest BCUT2D eigenvalue weighted by Gasteiger charge is -2.31. The van der Waals surface area contributed by atoms with Crippen LogP contribution in [-0.2, 0) is 9.53 Å². The molecule has 7 heteroatoms. The lowest BCUT2D eigenvalue weighted by Crippen LogP contribution is -2.42. The Morgan fingerprint density at radius 2 is 1.54 bits per heavy atom. The lowest BCUT2D eigenvalue weighted by molar-refractivity contribution is -0.139. The first-order valence-corrected chi connectivity index (χ1v) is 8.72. The van der Waals surface area contributed by atoms with E-state index in [2.05, 4.69) is 0 Å². The Morgan fingerprint density at radius 3 is 2.12 bits per heavy atom. The number of halogens is 2. The lowest BCUT2D eigenvalue weighted by atomic mass is 9.86. The Balaban J connectivity index is 1.86. The largest absolute Gasteiger partial charge is 0.444 e. The quantitative estimate of drug-likeness (QED) is 0.732. The second kappa shape index (κ2) is 7.23. The van der Waals surface area contributed by atoms with Crippen molar-refractivity contribution in [2.75, 3.05) is 26.2 Å². The number of carbonyl (C=O) groups is 2. The van der Waals surface area contributed by atoms with Crippen LogP contribution in [0, 0.1) is 5.92 Å². The molecule has 0 aromatic carbocycles. The zero-order valence-electron chi connectivity index (χ0n) is 14.8. The molecular weight excluding hydrogens is 318 g/mol. The number of nitrogens with zero attached hydrogens (tertiary/aromatic N) is 2. The van der Waals surface area contributed by atoms with Gasteiger partial charge in [-0.3, -0.25) is 4.79 Å². The van der Waals surface area contributed by atoms with Gasteiger partial charge in [-0.2, -0.15) is 0 Å². The van der Waals surface area contributed by atoms with Crippen LogP contribution < -0.4 is 0 Å². The van der Waals surface area contributed by atoms with Gasteiger partial charge in [0.05, 0.1) is 0 Å². The molecule has 0 bridgehead atoms. The smallest absolute Gasteiger partial charge is 0.410 e. The predicted molar refractivity (Wildman–Crippen MR) is 85.9 cm³/mol. The molecule has 0 N–H and O–H groups in total. The molecule has 24 heavy (non-hydrogen) atoms. The van der Waals surface area contributed by atoms with E-state index in [1.54, 1.807) is 9.80 Å². The SMILES string of the molecule is CC(C)(C)OC(=O)N1CCCN(C(=O)C2CCC(F)(F)CC2)CC1. The van der Waals surface area contributed by atoms with Crippen LogP contribution in [-0.4, -0.2) is 59.5 Å². The number of ether oxygens (including phenoxy) is 1. The Kier molecular flexibility index (Phi) is 5.71. The monoisotopic (exact) mass is 346 g/mol. The van der Waals surface area contributed by atoms with Crippen molar-refractivity contribution in [2.45, 2.75) is 64.4 Å². The van der Waals surface area contributed by atoms with Crippen LogP contribution in [0.3, 0.4) is 0 Å². The minimum Gasteiger partial charge on any atom is -0.444 e. The van der Waals surface area contributed by atoms with E-state index in [-0.39, 0.29) is 43.6 Å². The van der Waals surface area contributed by atoms with E-state index >= 15 is 0 Å². The third kappa shape index (κ3) is 5.31. The summed E-state index contributed by atoms with van der Waals surface area (Å²) in [5.74, 6) is -2.97. The van der Waals surface area contributed by atoms with Crippen molar-refractivity contribution >= 4 is 12.0 Å². The highest BCUT2D eigenvalue weighted by atomic mass is 19.3. The van der Waals surface area contributed by atoms with Gasteiger partial charge in [0.15, 0.2) is 0 Å². The molecule has 0 atom stereocenters. The molecule has 2 fully saturated rings. The molecule has 0 aromatic heterocycles. The molecule has 1 saturated heterocycles. The summed E-state index contributed by atoms with van der Waals surface area (Å²) >= 11 is 0. The van der Waals surface area contributed by atoms with E-state index in [9.17, 15) is 18.4 Å². The van der Waals surface area contributed by atoms with E-state index < -0.39 is 11.5 Å². The zero-order chi connectivity index (χ0) is 18.0. The average Bonchev–Trinajstić information content (AvgIpc) is 2.70. The maximum Gasteiger partial charge on any atom is 0.410 e.